The molecular formula is C11H11F4N5O. The van der Waals surface area contributed by atoms with Crippen LogP contribution in [0.4, 0.5) is 17.6 Å². The number of ether oxygens (including phenoxy) is 1. The molecule has 0 saturated heterocycles. The predicted octanol–water partition coefficient (Wildman–Crippen LogP) is 2.04. The Balaban J connectivity index is 2.01. The van der Waals surface area contributed by atoms with Crippen molar-refractivity contribution in [3.8, 4) is 11.7 Å². The van der Waals surface area contributed by atoms with Crippen LogP contribution in [0.5, 0.6) is 5.88 Å². The normalized spacial score (nSPS) is 13.2. The lowest BCUT2D eigenvalue weighted by molar-refractivity contribution is -0.183. The minimum atomic E-state index is -4.88. The molecule has 0 aromatic carbocycles. The van der Waals surface area contributed by atoms with Crippen LogP contribution in [0.15, 0.2) is 18.7 Å². The number of alkyl halides is 4. The molecule has 1 unspecified atom stereocenters. The molecule has 6 nitrogen and oxygen atoms in total. The zero-order valence-electron chi connectivity index (χ0n) is 10.9. The fourth-order valence-electron chi connectivity index (χ4n) is 1.47. The van der Waals surface area contributed by atoms with Crippen LogP contribution in [-0.2, 0) is 0 Å². The Morgan fingerprint density at radius 1 is 1.33 bits per heavy atom. The van der Waals surface area contributed by atoms with Gasteiger partial charge < -0.3 is 4.74 Å². The zero-order chi connectivity index (χ0) is 15.5. The van der Waals surface area contributed by atoms with Crippen LogP contribution in [0.2, 0.25) is 0 Å². The van der Waals surface area contributed by atoms with Gasteiger partial charge in [0.05, 0.1) is 6.61 Å². The van der Waals surface area contributed by atoms with Gasteiger partial charge in [-0.25, -0.2) is 19.0 Å². The summed E-state index contributed by atoms with van der Waals surface area (Å²) in [6.07, 6.45) is -5.90. The molecule has 21 heavy (non-hydrogen) atoms. The second kappa shape index (κ2) is 6.02. The molecule has 2 heterocycles. The Labute approximate surface area is 116 Å². The summed E-state index contributed by atoms with van der Waals surface area (Å²) in [6, 6.07) is 1.38. The van der Waals surface area contributed by atoms with E-state index in [9.17, 15) is 17.6 Å². The standard InChI is InChI=1S/C11H11F4N5O/c1-7-18-9(20-6-16-5-17-20)4-10(19-7)21-3-2-8(12)11(13,14)15/h4-6,8H,2-3H2,1H3. The largest absolute Gasteiger partial charge is 0.477 e. The van der Waals surface area contributed by atoms with Crippen molar-refractivity contribution < 1.29 is 22.3 Å². The van der Waals surface area contributed by atoms with Crippen LogP contribution in [0.1, 0.15) is 12.2 Å². The molecule has 114 valence electrons. The first-order valence-corrected chi connectivity index (χ1v) is 5.90. The summed E-state index contributed by atoms with van der Waals surface area (Å²) in [7, 11) is 0. The molecule has 0 aliphatic heterocycles. The summed E-state index contributed by atoms with van der Waals surface area (Å²) in [6.45, 7) is 1.13. The van der Waals surface area contributed by atoms with Gasteiger partial charge in [-0.3, -0.25) is 0 Å². The number of halogens is 4. The maximum Gasteiger partial charge on any atom is 0.419 e. The predicted molar refractivity (Wildman–Crippen MR) is 62.7 cm³/mol. The summed E-state index contributed by atoms with van der Waals surface area (Å²) in [5.74, 6) is 0.732. The van der Waals surface area contributed by atoms with Crippen molar-refractivity contribution >= 4 is 0 Å². The highest BCUT2D eigenvalue weighted by Gasteiger charge is 2.39. The third kappa shape index (κ3) is 4.10. The molecule has 0 fully saturated rings. The van der Waals surface area contributed by atoms with Crippen molar-refractivity contribution in [1.29, 1.82) is 0 Å². The van der Waals surface area contributed by atoms with E-state index in [1.54, 1.807) is 6.92 Å². The average Bonchev–Trinajstić information content (AvgIpc) is 2.90. The number of hydrogen-bond acceptors (Lipinski definition) is 5. The molecule has 0 amide bonds. The maximum atomic E-state index is 12.7. The Hall–Kier alpha value is -2.26. The quantitative estimate of drug-likeness (QED) is 0.791. The molecule has 0 N–H and O–H groups in total. The minimum Gasteiger partial charge on any atom is -0.477 e. The van der Waals surface area contributed by atoms with Crippen LogP contribution in [0, 0.1) is 6.92 Å². The minimum absolute atomic E-state index is 0.0439. The van der Waals surface area contributed by atoms with Crippen molar-refractivity contribution in [2.24, 2.45) is 0 Å². The molecular weight excluding hydrogens is 294 g/mol. The van der Waals surface area contributed by atoms with Crippen molar-refractivity contribution in [3.63, 3.8) is 0 Å². The van der Waals surface area contributed by atoms with Crippen LogP contribution < -0.4 is 4.74 Å². The van der Waals surface area contributed by atoms with E-state index in [2.05, 4.69) is 20.1 Å². The van der Waals surface area contributed by atoms with E-state index in [-0.39, 0.29) is 5.88 Å². The summed E-state index contributed by atoms with van der Waals surface area (Å²) < 4.78 is 55.2. The highest BCUT2D eigenvalue weighted by atomic mass is 19.4. The van der Waals surface area contributed by atoms with Gasteiger partial charge in [-0.2, -0.15) is 23.3 Å². The fourth-order valence-corrected chi connectivity index (χ4v) is 1.47. The monoisotopic (exact) mass is 305 g/mol. The summed E-state index contributed by atoms with van der Waals surface area (Å²) in [5, 5.41) is 3.86. The number of aromatic nitrogens is 5. The van der Waals surface area contributed by atoms with Crippen LogP contribution in [0.25, 0.3) is 5.82 Å². The van der Waals surface area contributed by atoms with Crippen molar-refractivity contribution in [2.45, 2.75) is 25.7 Å². The van der Waals surface area contributed by atoms with Gasteiger partial charge in [0.1, 0.15) is 18.5 Å². The summed E-state index contributed by atoms with van der Waals surface area (Å²) in [5.41, 5.74) is 0. The third-order valence-corrected chi connectivity index (χ3v) is 2.43. The van der Waals surface area contributed by atoms with Gasteiger partial charge in [-0.1, -0.05) is 0 Å². The number of nitrogens with zero attached hydrogens (tertiary/aromatic N) is 5. The average molecular weight is 305 g/mol. The highest BCUT2D eigenvalue weighted by molar-refractivity contribution is 5.26. The van der Waals surface area contributed by atoms with Gasteiger partial charge in [0.15, 0.2) is 12.0 Å². The summed E-state index contributed by atoms with van der Waals surface area (Å²) in [4.78, 5) is 11.7. The van der Waals surface area contributed by atoms with E-state index in [4.69, 9.17) is 4.74 Å². The van der Waals surface area contributed by atoms with E-state index in [1.807, 2.05) is 0 Å². The lowest BCUT2D eigenvalue weighted by atomic mass is 10.3. The first kappa shape index (κ1) is 15.1. The molecule has 0 saturated carbocycles. The van der Waals surface area contributed by atoms with Gasteiger partial charge in [-0.05, 0) is 6.92 Å². The molecule has 0 bridgehead atoms. The van der Waals surface area contributed by atoms with Gasteiger partial charge >= 0.3 is 6.18 Å². The molecule has 10 heteroatoms. The first-order chi connectivity index (χ1) is 9.86. The molecule has 0 aliphatic carbocycles. The van der Waals surface area contributed by atoms with Gasteiger partial charge in [0, 0.05) is 12.5 Å². The molecule has 0 radical (unpaired) electrons. The highest BCUT2D eigenvalue weighted by Crippen LogP contribution is 2.25. The first-order valence-electron chi connectivity index (χ1n) is 5.90. The second-order valence-electron chi connectivity index (χ2n) is 4.10. The Morgan fingerprint density at radius 2 is 2.10 bits per heavy atom. The smallest absolute Gasteiger partial charge is 0.419 e. The summed E-state index contributed by atoms with van der Waals surface area (Å²) >= 11 is 0. The van der Waals surface area contributed by atoms with Crippen LogP contribution in [0.3, 0.4) is 0 Å². The van der Waals surface area contributed by atoms with Gasteiger partial charge in [-0.15, -0.1) is 0 Å². The molecule has 2 aromatic heterocycles. The maximum absolute atomic E-state index is 12.7. The van der Waals surface area contributed by atoms with Gasteiger partial charge in [0.25, 0.3) is 0 Å². The zero-order valence-corrected chi connectivity index (χ0v) is 10.9. The van der Waals surface area contributed by atoms with E-state index in [0.717, 1.165) is 0 Å². The fraction of sp³-hybridized carbons (Fsp3) is 0.455. The van der Waals surface area contributed by atoms with Crippen molar-refractivity contribution in [1.82, 2.24) is 24.7 Å². The third-order valence-electron chi connectivity index (χ3n) is 2.43. The van der Waals surface area contributed by atoms with Crippen molar-refractivity contribution in [3.05, 3.63) is 24.5 Å². The van der Waals surface area contributed by atoms with Crippen LogP contribution in [-0.4, -0.2) is 43.7 Å². The SMILES string of the molecule is Cc1nc(OCCC(F)C(F)(F)F)cc(-n2cncn2)n1. The van der Waals surface area contributed by atoms with E-state index in [1.165, 1.54) is 23.4 Å². The molecule has 0 spiro atoms. The Kier molecular flexibility index (Phi) is 4.34. The lowest BCUT2D eigenvalue weighted by Gasteiger charge is -2.12. The molecule has 0 aliphatic rings. The van der Waals surface area contributed by atoms with Crippen molar-refractivity contribution in [2.75, 3.05) is 6.61 Å². The number of hydrogen-bond donors (Lipinski definition) is 0. The molecule has 2 aromatic rings. The topological polar surface area (TPSA) is 65.7 Å². The Morgan fingerprint density at radius 3 is 2.71 bits per heavy atom. The molecule has 2 rings (SSSR count). The number of rotatable bonds is 5. The number of aryl methyl sites for hydroxylation is 1. The van der Waals surface area contributed by atoms with E-state index in [0.29, 0.717) is 11.6 Å². The lowest BCUT2D eigenvalue weighted by Crippen LogP contribution is -2.26. The van der Waals surface area contributed by atoms with E-state index < -0.39 is 25.4 Å². The molecule has 1 atom stereocenters. The van der Waals surface area contributed by atoms with Gasteiger partial charge in [0.2, 0.25) is 5.88 Å². The Bertz CT molecular complexity index is 587. The van der Waals surface area contributed by atoms with E-state index >= 15 is 0 Å². The van der Waals surface area contributed by atoms with Crippen LogP contribution >= 0.6 is 0 Å². The second-order valence-corrected chi connectivity index (χ2v) is 4.10.